The van der Waals surface area contributed by atoms with Crippen molar-refractivity contribution < 1.29 is 26.1 Å². The number of sulfonamides is 1. The molecule has 1 aromatic carbocycles. The molecule has 0 aliphatic carbocycles. The third-order valence-corrected chi connectivity index (χ3v) is 4.06. The lowest BCUT2D eigenvalue weighted by Gasteiger charge is -2.10. The van der Waals surface area contributed by atoms with Crippen molar-refractivity contribution >= 4 is 27.4 Å². The highest BCUT2D eigenvalue weighted by molar-refractivity contribution is 7.92. The summed E-state index contributed by atoms with van der Waals surface area (Å²) in [6.07, 6.45) is -3.47. The number of hydrogen-bond donors (Lipinski definition) is 1. The summed E-state index contributed by atoms with van der Waals surface area (Å²) in [6, 6.07) is 3.17. The molecule has 2 rings (SSSR count). The van der Waals surface area contributed by atoms with Crippen LogP contribution < -0.4 is 4.72 Å². The fourth-order valence-electron chi connectivity index (χ4n) is 1.35. The van der Waals surface area contributed by atoms with Crippen LogP contribution in [0.1, 0.15) is 5.56 Å². The fourth-order valence-corrected chi connectivity index (χ4v) is 2.89. The van der Waals surface area contributed by atoms with Gasteiger partial charge in [-0.05, 0) is 18.2 Å². The van der Waals surface area contributed by atoms with Crippen LogP contribution in [-0.4, -0.2) is 13.6 Å². The first-order valence-corrected chi connectivity index (χ1v) is 6.86. The molecule has 0 aliphatic rings. The molecule has 0 amide bonds. The molecule has 1 N–H and O–H groups in total. The van der Waals surface area contributed by atoms with E-state index in [1.165, 1.54) is 6.07 Å². The molecule has 1 heterocycles. The van der Waals surface area contributed by atoms with Crippen LogP contribution in [0.4, 0.5) is 19.0 Å². The molecule has 2 aromatic rings. The van der Waals surface area contributed by atoms with Gasteiger partial charge in [0.2, 0.25) is 0 Å². The van der Waals surface area contributed by atoms with Gasteiger partial charge in [0, 0.05) is 6.07 Å². The largest absolute Gasteiger partial charge is 0.416 e. The van der Waals surface area contributed by atoms with Gasteiger partial charge in [-0.1, -0.05) is 16.8 Å². The quantitative estimate of drug-likeness (QED) is 0.940. The molecule has 108 valence electrons. The Bertz CT molecular complexity index is 714. The second-order valence-corrected chi connectivity index (χ2v) is 5.69. The number of halogens is 4. The highest BCUT2D eigenvalue weighted by atomic mass is 35.5. The fraction of sp³-hybridized carbons (Fsp3) is 0.100. The summed E-state index contributed by atoms with van der Waals surface area (Å²) in [5, 5.41) is 2.78. The average molecular weight is 327 g/mol. The van der Waals surface area contributed by atoms with Gasteiger partial charge in [0.05, 0.1) is 10.6 Å². The standard InChI is InChI=1S/C10H6ClF3N2O3S/c11-7-5-6(10(12,13)14)1-2-8(7)20(17,18)16-9-3-4-19-15-9/h1-5H,(H,15,16). The maximum absolute atomic E-state index is 12.5. The molecule has 1 aromatic heterocycles. The van der Waals surface area contributed by atoms with E-state index in [0.717, 1.165) is 12.3 Å². The molecule has 0 aliphatic heterocycles. The molecule has 0 unspecified atom stereocenters. The maximum Gasteiger partial charge on any atom is 0.416 e. The number of alkyl halides is 3. The Morgan fingerprint density at radius 3 is 2.45 bits per heavy atom. The van der Waals surface area contributed by atoms with Gasteiger partial charge in [-0.25, -0.2) is 8.42 Å². The third-order valence-electron chi connectivity index (χ3n) is 2.23. The summed E-state index contributed by atoms with van der Waals surface area (Å²) >= 11 is 5.60. The van der Waals surface area contributed by atoms with Crippen molar-refractivity contribution in [2.75, 3.05) is 4.72 Å². The minimum absolute atomic E-state index is 0.110. The number of rotatable bonds is 3. The number of anilines is 1. The van der Waals surface area contributed by atoms with Crippen LogP contribution in [0.3, 0.4) is 0 Å². The predicted molar refractivity (Wildman–Crippen MR) is 63.8 cm³/mol. The minimum atomic E-state index is -4.61. The van der Waals surface area contributed by atoms with Crippen LogP contribution in [-0.2, 0) is 16.2 Å². The predicted octanol–water partition coefficient (Wildman–Crippen LogP) is 3.15. The van der Waals surface area contributed by atoms with E-state index in [1.54, 1.807) is 0 Å². The lowest BCUT2D eigenvalue weighted by atomic mass is 10.2. The molecule has 0 saturated heterocycles. The summed E-state index contributed by atoms with van der Waals surface area (Å²) in [6.45, 7) is 0. The minimum Gasteiger partial charge on any atom is -0.363 e. The third kappa shape index (κ3) is 3.05. The topological polar surface area (TPSA) is 72.2 Å². The van der Waals surface area contributed by atoms with Crippen LogP contribution in [0.5, 0.6) is 0 Å². The maximum atomic E-state index is 12.5. The smallest absolute Gasteiger partial charge is 0.363 e. The van der Waals surface area contributed by atoms with Crippen molar-refractivity contribution in [1.82, 2.24) is 5.16 Å². The summed E-state index contributed by atoms with van der Waals surface area (Å²) in [5.74, 6) is -0.110. The normalized spacial score (nSPS) is 12.4. The Balaban J connectivity index is 2.38. The first-order valence-electron chi connectivity index (χ1n) is 5.00. The lowest BCUT2D eigenvalue weighted by Crippen LogP contribution is -2.14. The van der Waals surface area contributed by atoms with Crippen LogP contribution >= 0.6 is 11.6 Å². The van der Waals surface area contributed by atoms with Gasteiger partial charge >= 0.3 is 6.18 Å². The Hall–Kier alpha value is -1.74. The zero-order chi connectivity index (χ0) is 15.0. The number of benzene rings is 1. The van der Waals surface area contributed by atoms with E-state index in [-0.39, 0.29) is 5.82 Å². The second-order valence-electron chi connectivity index (χ2n) is 3.63. The Morgan fingerprint density at radius 2 is 1.95 bits per heavy atom. The molecule has 0 radical (unpaired) electrons. The lowest BCUT2D eigenvalue weighted by molar-refractivity contribution is -0.137. The van der Waals surface area contributed by atoms with E-state index in [0.29, 0.717) is 12.1 Å². The molecular weight excluding hydrogens is 321 g/mol. The van der Waals surface area contributed by atoms with E-state index >= 15 is 0 Å². The number of nitrogens with one attached hydrogen (secondary N) is 1. The van der Waals surface area contributed by atoms with Crippen LogP contribution in [0.25, 0.3) is 0 Å². The monoisotopic (exact) mass is 326 g/mol. The Labute approximate surface area is 116 Å². The highest BCUT2D eigenvalue weighted by Crippen LogP contribution is 2.33. The van der Waals surface area contributed by atoms with Crippen molar-refractivity contribution in [1.29, 1.82) is 0 Å². The summed E-state index contributed by atoms with van der Waals surface area (Å²) in [5.41, 5.74) is -1.04. The van der Waals surface area contributed by atoms with Gasteiger partial charge in [0.25, 0.3) is 10.0 Å². The van der Waals surface area contributed by atoms with Crippen molar-refractivity contribution in [2.45, 2.75) is 11.1 Å². The van der Waals surface area contributed by atoms with E-state index < -0.39 is 31.7 Å². The zero-order valence-electron chi connectivity index (χ0n) is 9.48. The number of aromatic nitrogens is 1. The molecule has 0 bridgehead atoms. The summed E-state index contributed by atoms with van der Waals surface area (Å²) in [4.78, 5) is -0.491. The van der Waals surface area contributed by atoms with Gasteiger partial charge in [0.1, 0.15) is 11.2 Å². The first kappa shape index (κ1) is 14.7. The molecule has 0 spiro atoms. The van der Waals surface area contributed by atoms with Crippen LogP contribution in [0.2, 0.25) is 5.02 Å². The van der Waals surface area contributed by atoms with E-state index in [2.05, 4.69) is 9.68 Å². The molecule has 0 saturated carbocycles. The Kier molecular flexibility index (Phi) is 3.65. The number of nitrogens with zero attached hydrogens (tertiary/aromatic N) is 1. The molecule has 20 heavy (non-hydrogen) atoms. The number of hydrogen-bond acceptors (Lipinski definition) is 4. The van der Waals surface area contributed by atoms with Crippen LogP contribution in [0.15, 0.2) is 39.9 Å². The molecule has 0 atom stereocenters. The van der Waals surface area contributed by atoms with Crippen molar-refractivity contribution in [2.24, 2.45) is 0 Å². The molecule has 10 heteroatoms. The van der Waals surface area contributed by atoms with Gasteiger partial charge in [0.15, 0.2) is 5.82 Å². The molecule has 5 nitrogen and oxygen atoms in total. The van der Waals surface area contributed by atoms with E-state index in [4.69, 9.17) is 11.6 Å². The van der Waals surface area contributed by atoms with Gasteiger partial charge in [-0.2, -0.15) is 13.2 Å². The first-order chi connectivity index (χ1) is 9.20. The van der Waals surface area contributed by atoms with Crippen molar-refractivity contribution in [3.63, 3.8) is 0 Å². The van der Waals surface area contributed by atoms with Gasteiger partial charge in [-0.3, -0.25) is 4.72 Å². The summed E-state index contributed by atoms with van der Waals surface area (Å²) in [7, 11) is -4.15. The van der Waals surface area contributed by atoms with Crippen molar-refractivity contribution in [3.8, 4) is 0 Å². The molecule has 0 fully saturated rings. The van der Waals surface area contributed by atoms with E-state index in [9.17, 15) is 21.6 Å². The summed E-state index contributed by atoms with van der Waals surface area (Å²) < 4.78 is 67.7. The van der Waals surface area contributed by atoms with Crippen molar-refractivity contribution in [3.05, 3.63) is 41.1 Å². The Morgan fingerprint density at radius 1 is 1.25 bits per heavy atom. The van der Waals surface area contributed by atoms with Gasteiger partial charge in [-0.15, -0.1) is 0 Å². The van der Waals surface area contributed by atoms with Crippen LogP contribution in [0, 0.1) is 0 Å². The SMILES string of the molecule is O=S(=O)(Nc1ccon1)c1ccc(C(F)(F)F)cc1Cl. The van der Waals surface area contributed by atoms with E-state index in [1.807, 2.05) is 4.72 Å². The second kappa shape index (κ2) is 4.98. The van der Waals surface area contributed by atoms with Gasteiger partial charge < -0.3 is 4.52 Å². The zero-order valence-corrected chi connectivity index (χ0v) is 11.1. The molecular formula is C10H6ClF3N2O3S. The highest BCUT2D eigenvalue weighted by Gasteiger charge is 2.32. The average Bonchev–Trinajstić information content (AvgIpc) is 2.79.